The van der Waals surface area contributed by atoms with Crippen LogP contribution in [0, 0.1) is 18.3 Å². The Kier molecular flexibility index (Phi) is 4.37. The van der Waals surface area contributed by atoms with E-state index in [1.807, 2.05) is 0 Å². The van der Waals surface area contributed by atoms with Crippen LogP contribution in [-0.4, -0.2) is 5.38 Å². The minimum absolute atomic E-state index is 0.279. The smallest absolute Gasteiger partial charge is 0.0409 e. The van der Waals surface area contributed by atoms with Crippen LogP contribution in [0.1, 0.15) is 50.7 Å². The van der Waals surface area contributed by atoms with E-state index in [2.05, 4.69) is 45.0 Å². The van der Waals surface area contributed by atoms with Crippen LogP contribution in [0.2, 0.25) is 0 Å². The zero-order valence-corrected chi connectivity index (χ0v) is 12.6. The maximum atomic E-state index is 6.75. The highest BCUT2D eigenvalue weighted by Crippen LogP contribution is 2.44. The second-order valence-corrected chi connectivity index (χ2v) is 7.05. The van der Waals surface area contributed by atoms with E-state index < -0.39 is 0 Å². The molecule has 1 aromatic rings. The lowest BCUT2D eigenvalue weighted by molar-refractivity contribution is 0.133. The average molecular weight is 265 g/mol. The van der Waals surface area contributed by atoms with Crippen molar-refractivity contribution in [2.45, 2.75) is 58.3 Å². The molecule has 0 amide bonds. The Morgan fingerprint density at radius 3 is 2.67 bits per heavy atom. The van der Waals surface area contributed by atoms with Gasteiger partial charge in [-0.3, -0.25) is 0 Å². The van der Waals surface area contributed by atoms with Gasteiger partial charge >= 0.3 is 0 Å². The molecule has 18 heavy (non-hydrogen) atoms. The second-order valence-electron chi connectivity index (χ2n) is 6.49. The molecule has 100 valence electrons. The molecule has 0 saturated heterocycles. The van der Waals surface area contributed by atoms with Crippen molar-refractivity contribution in [2.75, 3.05) is 0 Å². The first kappa shape index (κ1) is 13.9. The summed E-state index contributed by atoms with van der Waals surface area (Å²) in [6.07, 6.45) is 6.37. The fourth-order valence-corrected chi connectivity index (χ4v) is 4.02. The molecule has 1 aliphatic carbocycles. The summed E-state index contributed by atoms with van der Waals surface area (Å²) in [5.41, 5.74) is 3.20. The number of benzene rings is 1. The summed E-state index contributed by atoms with van der Waals surface area (Å²) >= 11 is 6.75. The molecular formula is C17H25Cl. The molecule has 0 aliphatic heterocycles. The van der Waals surface area contributed by atoms with Gasteiger partial charge in [-0.25, -0.2) is 0 Å². The lowest BCUT2D eigenvalue weighted by atomic mass is 9.66. The zero-order chi connectivity index (χ0) is 13.2. The number of aryl methyl sites for hydroxylation is 1. The molecule has 1 aliphatic rings. The average Bonchev–Trinajstić information content (AvgIpc) is 2.31. The summed E-state index contributed by atoms with van der Waals surface area (Å²) in [7, 11) is 0. The Balaban J connectivity index is 2.07. The summed E-state index contributed by atoms with van der Waals surface area (Å²) in [6, 6.07) is 8.63. The number of hydrogen-bond donors (Lipinski definition) is 0. The van der Waals surface area contributed by atoms with Gasteiger partial charge in [0, 0.05) is 5.38 Å². The van der Waals surface area contributed by atoms with Crippen molar-refractivity contribution < 1.29 is 0 Å². The molecule has 2 unspecified atom stereocenters. The number of hydrogen-bond acceptors (Lipinski definition) is 0. The van der Waals surface area contributed by atoms with Gasteiger partial charge in [0.15, 0.2) is 0 Å². The molecule has 0 N–H and O–H groups in total. The molecule has 2 rings (SSSR count). The Labute approximate surface area is 117 Å². The van der Waals surface area contributed by atoms with Gasteiger partial charge in [-0.2, -0.15) is 0 Å². The van der Waals surface area contributed by atoms with E-state index in [1.54, 1.807) is 0 Å². The van der Waals surface area contributed by atoms with Crippen molar-refractivity contribution >= 4 is 11.6 Å². The first-order valence-corrected chi connectivity index (χ1v) is 7.63. The molecule has 0 nitrogen and oxygen atoms in total. The van der Waals surface area contributed by atoms with Crippen LogP contribution in [0.5, 0.6) is 0 Å². The standard InChI is InChI=1S/C17H25Cl/c1-13-8-4-5-9-14(13)12-16(18)15-10-6-7-11-17(15,2)3/h4-5,8-9,15-16H,6-7,10-12H2,1-3H3. The molecule has 1 heteroatoms. The van der Waals surface area contributed by atoms with Gasteiger partial charge in [0.05, 0.1) is 0 Å². The molecule has 1 fully saturated rings. The summed E-state index contributed by atoms with van der Waals surface area (Å²) in [4.78, 5) is 0. The van der Waals surface area contributed by atoms with Crippen molar-refractivity contribution in [1.29, 1.82) is 0 Å². The second kappa shape index (κ2) is 5.65. The Bertz CT molecular complexity index is 394. The van der Waals surface area contributed by atoms with Crippen molar-refractivity contribution in [3.63, 3.8) is 0 Å². The van der Waals surface area contributed by atoms with Gasteiger partial charge in [0.2, 0.25) is 0 Å². The Morgan fingerprint density at radius 2 is 2.00 bits per heavy atom. The largest absolute Gasteiger partial charge is 0.122 e. The third-order valence-electron chi connectivity index (χ3n) is 4.70. The van der Waals surface area contributed by atoms with E-state index in [9.17, 15) is 0 Å². The number of alkyl halides is 1. The zero-order valence-electron chi connectivity index (χ0n) is 11.9. The predicted molar refractivity (Wildman–Crippen MR) is 80.3 cm³/mol. The van der Waals surface area contributed by atoms with Crippen LogP contribution in [0.4, 0.5) is 0 Å². The molecule has 2 atom stereocenters. The fourth-order valence-electron chi connectivity index (χ4n) is 3.38. The Hall–Kier alpha value is -0.490. The summed E-state index contributed by atoms with van der Waals surface area (Å²) in [5.74, 6) is 0.660. The summed E-state index contributed by atoms with van der Waals surface area (Å²) in [6.45, 7) is 6.97. The van der Waals surface area contributed by atoms with E-state index >= 15 is 0 Å². The summed E-state index contributed by atoms with van der Waals surface area (Å²) < 4.78 is 0. The maximum Gasteiger partial charge on any atom is 0.0409 e. The molecule has 0 radical (unpaired) electrons. The molecule has 0 bridgehead atoms. The van der Waals surface area contributed by atoms with Gasteiger partial charge in [0.1, 0.15) is 0 Å². The van der Waals surface area contributed by atoms with Crippen LogP contribution in [-0.2, 0) is 6.42 Å². The normalized spacial score (nSPS) is 24.8. The van der Waals surface area contributed by atoms with E-state index in [-0.39, 0.29) is 5.38 Å². The lowest BCUT2D eigenvalue weighted by Gasteiger charge is -2.41. The van der Waals surface area contributed by atoms with E-state index in [0.29, 0.717) is 11.3 Å². The SMILES string of the molecule is Cc1ccccc1CC(Cl)C1CCCCC1(C)C. The molecule has 0 spiro atoms. The van der Waals surface area contributed by atoms with Crippen molar-refractivity contribution in [3.8, 4) is 0 Å². The molecular weight excluding hydrogens is 240 g/mol. The highest BCUT2D eigenvalue weighted by atomic mass is 35.5. The van der Waals surface area contributed by atoms with Crippen molar-refractivity contribution in [3.05, 3.63) is 35.4 Å². The molecule has 1 saturated carbocycles. The van der Waals surface area contributed by atoms with Crippen LogP contribution in [0.15, 0.2) is 24.3 Å². The van der Waals surface area contributed by atoms with Gasteiger partial charge < -0.3 is 0 Å². The van der Waals surface area contributed by atoms with Crippen LogP contribution >= 0.6 is 11.6 Å². The van der Waals surface area contributed by atoms with Gasteiger partial charge in [-0.15, -0.1) is 11.6 Å². The molecule has 0 aromatic heterocycles. The number of rotatable bonds is 3. The fraction of sp³-hybridized carbons (Fsp3) is 0.647. The highest BCUT2D eigenvalue weighted by Gasteiger charge is 2.36. The van der Waals surface area contributed by atoms with Gasteiger partial charge in [-0.05, 0) is 48.6 Å². The van der Waals surface area contributed by atoms with Crippen molar-refractivity contribution in [2.24, 2.45) is 11.3 Å². The highest BCUT2D eigenvalue weighted by molar-refractivity contribution is 6.21. The van der Waals surface area contributed by atoms with Gasteiger partial charge in [0.25, 0.3) is 0 Å². The third-order valence-corrected chi connectivity index (χ3v) is 5.16. The van der Waals surface area contributed by atoms with Crippen LogP contribution in [0.25, 0.3) is 0 Å². The first-order chi connectivity index (χ1) is 8.50. The van der Waals surface area contributed by atoms with E-state index in [1.165, 1.54) is 36.8 Å². The third kappa shape index (κ3) is 3.09. The first-order valence-electron chi connectivity index (χ1n) is 7.19. The maximum absolute atomic E-state index is 6.75. The van der Waals surface area contributed by atoms with E-state index in [0.717, 1.165) is 6.42 Å². The van der Waals surface area contributed by atoms with E-state index in [4.69, 9.17) is 11.6 Å². The number of halogens is 1. The predicted octanol–water partition coefficient (Wildman–Crippen LogP) is 5.36. The van der Waals surface area contributed by atoms with Crippen molar-refractivity contribution in [1.82, 2.24) is 0 Å². The molecule has 1 aromatic carbocycles. The minimum atomic E-state index is 0.279. The monoisotopic (exact) mass is 264 g/mol. The van der Waals surface area contributed by atoms with Crippen LogP contribution in [0.3, 0.4) is 0 Å². The molecule has 0 heterocycles. The summed E-state index contributed by atoms with van der Waals surface area (Å²) in [5, 5.41) is 0.279. The lowest BCUT2D eigenvalue weighted by Crippen LogP contribution is -2.35. The Morgan fingerprint density at radius 1 is 1.28 bits per heavy atom. The van der Waals surface area contributed by atoms with Crippen LogP contribution < -0.4 is 0 Å². The minimum Gasteiger partial charge on any atom is -0.122 e. The quantitative estimate of drug-likeness (QED) is 0.645. The van der Waals surface area contributed by atoms with Gasteiger partial charge in [-0.1, -0.05) is 51.0 Å². The topological polar surface area (TPSA) is 0 Å².